The van der Waals surface area contributed by atoms with Gasteiger partial charge in [0.25, 0.3) is 0 Å². The fourth-order valence-electron chi connectivity index (χ4n) is 1.62. The van der Waals surface area contributed by atoms with Crippen LogP contribution in [0.3, 0.4) is 0 Å². The first-order chi connectivity index (χ1) is 7.26. The van der Waals surface area contributed by atoms with Gasteiger partial charge in [0.2, 0.25) is 0 Å². The van der Waals surface area contributed by atoms with Crippen LogP contribution in [0.2, 0.25) is 0 Å². The number of pyridine rings is 1. The topological polar surface area (TPSA) is 31.4 Å². The van der Waals surface area contributed by atoms with Gasteiger partial charge in [-0.25, -0.2) is 0 Å². The lowest BCUT2D eigenvalue weighted by atomic mass is 10.1. The van der Waals surface area contributed by atoms with Crippen LogP contribution in [-0.2, 0) is 0 Å². The van der Waals surface area contributed by atoms with E-state index in [1.165, 1.54) is 0 Å². The summed E-state index contributed by atoms with van der Waals surface area (Å²) >= 11 is 0. The number of aromatic nitrogens is 1. The van der Waals surface area contributed by atoms with Crippen molar-refractivity contribution in [3.8, 4) is 11.5 Å². The van der Waals surface area contributed by atoms with Gasteiger partial charge >= 0.3 is 0 Å². The van der Waals surface area contributed by atoms with Crippen molar-refractivity contribution in [1.29, 1.82) is 0 Å². The van der Waals surface area contributed by atoms with Crippen LogP contribution < -0.4 is 9.47 Å². The van der Waals surface area contributed by atoms with Crippen LogP contribution in [0.15, 0.2) is 24.4 Å². The lowest BCUT2D eigenvalue weighted by Crippen LogP contribution is -1.91. The molecule has 2 rings (SSSR count). The van der Waals surface area contributed by atoms with Gasteiger partial charge in [0.1, 0.15) is 11.5 Å². The molecule has 15 heavy (non-hydrogen) atoms. The van der Waals surface area contributed by atoms with Crippen LogP contribution >= 0.6 is 0 Å². The number of ether oxygens (including phenoxy) is 2. The number of hydrogen-bond donors (Lipinski definition) is 0. The maximum absolute atomic E-state index is 5.22. The normalized spacial score (nSPS) is 10.3. The first-order valence-electron chi connectivity index (χ1n) is 4.73. The smallest absolute Gasteiger partial charge is 0.140 e. The number of fused-ring (bicyclic) bond motifs is 1. The molecule has 0 aliphatic carbocycles. The molecule has 0 radical (unpaired) electrons. The minimum atomic E-state index is 0.802. The average Bonchev–Trinajstić information content (AvgIpc) is 2.29. The zero-order valence-corrected chi connectivity index (χ0v) is 9.07. The Morgan fingerprint density at radius 2 is 1.93 bits per heavy atom. The number of methoxy groups -OCH3 is 2. The molecule has 0 saturated heterocycles. The van der Waals surface area contributed by atoms with Crippen LogP contribution in [0.25, 0.3) is 10.9 Å². The standard InChI is InChI=1S/C12H13NO2/c1-8-10-6-9(14-2)4-5-11(10)13-7-12(8)15-3/h4-7H,1-3H3. The van der Waals surface area contributed by atoms with Crippen molar-refractivity contribution in [3.05, 3.63) is 30.0 Å². The third-order valence-corrected chi connectivity index (χ3v) is 2.52. The SMILES string of the molecule is COc1ccc2ncc(OC)c(C)c2c1. The number of aryl methyl sites for hydroxylation is 1. The molecule has 2 aromatic rings. The molecule has 3 nitrogen and oxygen atoms in total. The summed E-state index contributed by atoms with van der Waals surface area (Å²) in [6.07, 6.45) is 1.74. The molecule has 0 saturated carbocycles. The van der Waals surface area contributed by atoms with Gasteiger partial charge in [-0.05, 0) is 25.1 Å². The van der Waals surface area contributed by atoms with E-state index in [-0.39, 0.29) is 0 Å². The van der Waals surface area contributed by atoms with Crippen LogP contribution in [0.4, 0.5) is 0 Å². The minimum absolute atomic E-state index is 0.802. The Bertz CT molecular complexity index is 489. The van der Waals surface area contributed by atoms with Crippen molar-refractivity contribution in [1.82, 2.24) is 4.98 Å². The second-order valence-electron chi connectivity index (χ2n) is 3.33. The number of benzene rings is 1. The summed E-state index contributed by atoms with van der Waals surface area (Å²) in [5.74, 6) is 1.64. The summed E-state index contributed by atoms with van der Waals surface area (Å²) in [7, 11) is 3.31. The number of rotatable bonds is 2. The maximum Gasteiger partial charge on any atom is 0.140 e. The largest absolute Gasteiger partial charge is 0.497 e. The summed E-state index contributed by atoms with van der Waals surface area (Å²) in [6, 6.07) is 5.82. The maximum atomic E-state index is 5.22. The molecule has 0 atom stereocenters. The third-order valence-electron chi connectivity index (χ3n) is 2.52. The Morgan fingerprint density at radius 3 is 2.60 bits per heavy atom. The van der Waals surface area contributed by atoms with Gasteiger partial charge in [0.05, 0.1) is 25.9 Å². The molecule has 1 heterocycles. The van der Waals surface area contributed by atoms with E-state index in [0.717, 1.165) is 28.0 Å². The highest BCUT2D eigenvalue weighted by Gasteiger charge is 2.05. The third kappa shape index (κ3) is 1.61. The van der Waals surface area contributed by atoms with E-state index < -0.39 is 0 Å². The van der Waals surface area contributed by atoms with E-state index in [1.807, 2.05) is 25.1 Å². The van der Waals surface area contributed by atoms with Crippen LogP contribution in [0, 0.1) is 6.92 Å². The summed E-state index contributed by atoms with van der Waals surface area (Å²) in [5, 5.41) is 1.06. The van der Waals surface area contributed by atoms with Crippen molar-refractivity contribution < 1.29 is 9.47 Å². The molecule has 0 unspecified atom stereocenters. The average molecular weight is 203 g/mol. The van der Waals surface area contributed by atoms with Gasteiger partial charge < -0.3 is 9.47 Å². The Morgan fingerprint density at radius 1 is 1.13 bits per heavy atom. The van der Waals surface area contributed by atoms with Crippen molar-refractivity contribution >= 4 is 10.9 Å². The summed E-state index contributed by atoms with van der Waals surface area (Å²) in [4.78, 5) is 4.31. The van der Waals surface area contributed by atoms with Crippen LogP contribution in [-0.4, -0.2) is 19.2 Å². The van der Waals surface area contributed by atoms with E-state index >= 15 is 0 Å². The molecule has 1 aromatic carbocycles. The van der Waals surface area contributed by atoms with Gasteiger partial charge in [-0.1, -0.05) is 0 Å². The zero-order valence-electron chi connectivity index (χ0n) is 9.07. The van der Waals surface area contributed by atoms with Crippen molar-refractivity contribution in [2.75, 3.05) is 14.2 Å². The summed E-state index contributed by atoms with van der Waals surface area (Å²) < 4.78 is 10.4. The van der Waals surface area contributed by atoms with Crippen LogP contribution in [0.5, 0.6) is 11.5 Å². The van der Waals surface area contributed by atoms with E-state index in [4.69, 9.17) is 9.47 Å². The first kappa shape index (κ1) is 9.77. The van der Waals surface area contributed by atoms with Gasteiger partial charge in [-0.2, -0.15) is 0 Å². The molecule has 3 heteroatoms. The van der Waals surface area contributed by atoms with Gasteiger partial charge in [0, 0.05) is 10.9 Å². The van der Waals surface area contributed by atoms with E-state index in [1.54, 1.807) is 20.4 Å². The fraction of sp³-hybridized carbons (Fsp3) is 0.250. The highest BCUT2D eigenvalue weighted by molar-refractivity contribution is 5.85. The molecule has 0 spiro atoms. The van der Waals surface area contributed by atoms with Crippen molar-refractivity contribution in [2.45, 2.75) is 6.92 Å². The quantitative estimate of drug-likeness (QED) is 0.751. The predicted molar refractivity (Wildman–Crippen MR) is 59.6 cm³/mol. The highest BCUT2D eigenvalue weighted by Crippen LogP contribution is 2.27. The molecule has 0 bridgehead atoms. The molecule has 0 aliphatic rings. The van der Waals surface area contributed by atoms with Gasteiger partial charge in [-0.15, -0.1) is 0 Å². The molecule has 0 amide bonds. The highest BCUT2D eigenvalue weighted by atomic mass is 16.5. The van der Waals surface area contributed by atoms with Gasteiger partial charge in [-0.3, -0.25) is 4.98 Å². The molecule has 1 aromatic heterocycles. The second kappa shape index (κ2) is 3.77. The van der Waals surface area contributed by atoms with Gasteiger partial charge in [0.15, 0.2) is 0 Å². The Labute approximate surface area is 88.7 Å². The monoisotopic (exact) mass is 203 g/mol. The molecule has 0 aliphatic heterocycles. The molecule has 0 N–H and O–H groups in total. The van der Waals surface area contributed by atoms with E-state index in [2.05, 4.69) is 4.98 Å². The second-order valence-corrected chi connectivity index (χ2v) is 3.33. The minimum Gasteiger partial charge on any atom is -0.497 e. The van der Waals surface area contributed by atoms with Crippen LogP contribution in [0.1, 0.15) is 5.56 Å². The Kier molecular flexibility index (Phi) is 2.46. The number of nitrogens with zero attached hydrogens (tertiary/aromatic N) is 1. The number of hydrogen-bond acceptors (Lipinski definition) is 3. The summed E-state index contributed by atoms with van der Waals surface area (Å²) in [6.45, 7) is 2.02. The molecule has 78 valence electrons. The lowest BCUT2D eigenvalue weighted by molar-refractivity contribution is 0.410. The zero-order chi connectivity index (χ0) is 10.8. The van der Waals surface area contributed by atoms with E-state index in [0.29, 0.717) is 0 Å². The molecular weight excluding hydrogens is 190 g/mol. The first-order valence-corrected chi connectivity index (χ1v) is 4.73. The Balaban J connectivity index is 2.72. The lowest BCUT2D eigenvalue weighted by Gasteiger charge is -2.08. The molecule has 0 fully saturated rings. The summed E-state index contributed by atoms with van der Waals surface area (Å²) in [5.41, 5.74) is 2.04. The fourth-order valence-corrected chi connectivity index (χ4v) is 1.62. The predicted octanol–water partition coefficient (Wildman–Crippen LogP) is 2.56. The Hall–Kier alpha value is -1.77. The van der Waals surface area contributed by atoms with Crippen molar-refractivity contribution in [3.63, 3.8) is 0 Å². The van der Waals surface area contributed by atoms with Crippen molar-refractivity contribution in [2.24, 2.45) is 0 Å². The molecular formula is C12H13NO2. The van der Waals surface area contributed by atoms with E-state index in [9.17, 15) is 0 Å².